The molecule has 3 nitrogen and oxygen atoms in total. The molecule has 1 aromatic heterocycles. The van der Waals surface area contributed by atoms with Gasteiger partial charge < -0.3 is 11.1 Å². The first-order chi connectivity index (χ1) is 9.74. The fourth-order valence-electron chi connectivity index (χ4n) is 2.45. The second kappa shape index (κ2) is 7.72. The number of amides is 1. The number of thioether (sulfide) groups is 1. The van der Waals surface area contributed by atoms with Crippen LogP contribution in [0.2, 0.25) is 0 Å². The van der Waals surface area contributed by atoms with Crippen LogP contribution < -0.4 is 11.1 Å². The van der Waals surface area contributed by atoms with E-state index in [9.17, 15) is 4.79 Å². The summed E-state index contributed by atoms with van der Waals surface area (Å²) >= 11 is 3.35. The summed E-state index contributed by atoms with van der Waals surface area (Å²) < 4.78 is 0. The first-order valence-electron chi connectivity index (χ1n) is 6.85. The minimum Gasteiger partial charge on any atom is -0.348 e. The van der Waals surface area contributed by atoms with Crippen LogP contribution in [0.5, 0.6) is 0 Å². The van der Waals surface area contributed by atoms with Gasteiger partial charge in [-0.3, -0.25) is 4.79 Å². The van der Waals surface area contributed by atoms with E-state index in [0.717, 1.165) is 11.3 Å². The molecule has 1 heterocycles. The Bertz CT molecular complexity index is 515. The van der Waals surface area contributed by atoms with Gasteiger partial charge in [0.05, 0.1) is 17.0 Å². The molecule has 0 radical (unpaired) electrons. The first kappa shape index (κ1) is 15.4. The molecule has 0 saturated heterocycles. The maximum absolute atomic E-state index is 12.3. The average Bonchev–Trinajstić information content (AvgIpc) is 2.94. The van der Waals surface area contributed by atoms with E-state index < -0.39 is 0 Å². The van der Waals surface area contributed by atoms with Gasteiger partial charge in [0, 0.05) is 16.7 Å². The van der Waals surface area contributed by atoms with Gasteiger partial charge in [0.15, 0.2) is 0 Å². The van der Waals surface area contributed by atoms with Gasteiger partial charge in [-0.2, -0.15) is 11.8 Å². The number of rotatable bonds is 3. The van der Waals surface area contributed by atoms with Gasteiger partial charge in [0.25, 0.3) is 5.91 Å². The number of thiophene rings is 1. The van der Waals surface area contributed by atoms with Gasteiger partial charge >= 0.3 is 0 Å². The normalized spacial score (nSPS) is 21.9. The molecule has 2 unspecified atom stereocenters. The summed E-state index contributed by atoms with van der Waals surface area (Å²) in [7, 11) is 0. The van der Waals surface area contributed by atoms with Gasteiger partial charge in [0.1, 0.15) is 0 Å². The number of hydrogen-bond donors (Lipinski definition) is 2. The van der Waals surface area contributed by atoms with Crippen molar-refractivity contribution in [2.75, 3.05) is 12.8 Å². The second-order valence-electron chi connectivity index (χ2n) is 4.84. The molecule has 3 N–H and O–H groups in total. The summed E-state index contributed by atoms with van der Waals surface area (Å²) in [5.41, 5.74) is 6.06. The zero-order chi connectivity index (χ0) is 14.4. The van der Waals surface area contributed by atoms with Gasteiger partial charge in [-0.15, -0.1) is 11.3 Å². The lowest BCUT2D eigenvalue weighted by atomic mass is 9.94. The topological polar surface area (TPSA) is 55.1 Å². The van der Waals surface area contributed by atoms with Crippen molar-refractivity contribution in [1.82, 2.24) is 5.32 Å². The molecule has 1 fully saturated rings. The van der Waals surface area contributed by atoms with Crippen molar-refractivity contribution in [3.05, 3.63) is 21.9 Å². The van der Waals surface area contributed by atoms with Gasteiger partial charge in [-0.1, -0.05) is 24.7 Å². The molecule has 1 amide bonds. The monoisotopic (exact) mass is 308 g/mol. The third-order valence-corrected chi connectivity index (χ3v) is 5.51. The smallest absolute Gasteiger partial charge is 0.252 e. The molecular formula is C15H20N2OS2. The highest BCUT2D eigenvalue weighted by molar-refractivity contribution is 7.99. The summed E-state index contributed by atoms with van der Waals surface area (Å²) in [6.07, 6.45) is 6.89. The van der Waals surface area contributed by atoms with Crippen molar-refractivity contribution in [3.8, 4) is 11.8 Å². The number of carbonyl (C=O) groups excluding carboxylic acids is 1. The van der Waals surface area contributed by atoms with Crippen LogP contribution in [0, 0.1) is 11.8 Å². The van der Waals surface area contributed by atoms with Crippen LogP contribution in [0.1, 0.15) is 40.9 Å². The molecule has 0 spiro atoms. The summed E-state index contributed by atoms with van der Waals surface area (Å²) in [6, 6.07) is 2.14. The van der Waals surface area contributed by atoms with Crippen molar-refractivity contribution in [3.63, 3.8) is 0 Å². The lowest BCUT2D eigenvalue weighted by molar-refractivity contribution is 0.0930. The molecule has 2 atom stereocenters. The van der Waals surface area contributed by atoms with Crippen LogP contribution in [-0.2, 0) is 0 Å². The van der Waals surface area contributed by atoms with Gasteiger partial charge in [-0.05, 0) is 25.2 Å². The van der Waals surface area contributed by atoms with E-state index in [0.29, 0.717) is 23.4 Å². The Morgan fingerprint density at radius 1 is 1.55 bits per heavy atom. The van der Waals surface area contributed by atoms with E-state index in [4.69, 9.17) is 5.73 Å². The maximum atomic E-state index is 12.3. The Kier molecular flexibility index (Phi) is 5.96. The van der Waals surface area contributed by atoms with Crippen LogP contribution >= 0.6 is 23.1 Å². The summed E-state index contributed by atoms with van der Waals surface area (Å²) in [6.45, 7) is 0.344. The Labute approximate surface area is 128 Å². The lowest BCUT2D eigenvalue weighted by Crippen LogP contribution is -2.43. The number of hydrogen-bond acceptors (Lipinski definition) is 4. The summed E-state index contributed by atoms with van der Waals surface area (Å²) in [5.74, 6) is 5.79. The molecule has 108 valence electrons. The molecule has 1 aliphatic rings. The van der Waals surface area contributed by atoms with E-state index in [-0.39, 0.29) is 5.91 Å². The van der Waals surface area contributed by atoms with Crippen LogP contribution in [0.3, 0.4) is 0 Å². The Balaban J connectivity index is 1.98. The molecular weight excluding hydrogens is 288 g/mol. The molecule has 2 rings (SSSR count). The maximum Gasteiger partial charge on any atom is 0.252 e. The van der Waals surface area contributed by atoms with Crippen molar-refractivity contribution in [2.45, 2.75) is 37.0 Å². The minimum absolute atomic E-state index is 0.0213. The number of nitrogens with one attached hydrogen (secondary N) is 1. The van der Waals surface area contributed by atoms with Crippen LogP contribution in [0.4, 0.5) is 0 Å². The van der Waals surface area contributed by atoms with E-state index >= 15 is 0 Å². The average molecular weight is 308 g/mol. The second-order valence-corrected chi connectivity index (χ2v) is 6.83. The molecule has 0 aliphatic heterocycles. The fourth-order valence-corrected chi connectivity index (χ4v) is 4.14. The van der Waals surface area contributed by atoms with E-state index in [1.165, 1.54) is 30.6 Å². The Morgan fingerprint density at radius 3 is 3.10 bits per heavy atom. The molecule has 1 aliphatic carbocycles. The number of carbonyl (C=O) groups is 1. The predicted molar refractivity (Wildman–Crippen MR) is 87.3 cm³/mol. The van der Waals surface area contributed by atoms with Gasteiger partial charge in [-0.25, -0.2) is 0 Å². The predicted octanol–water partition coefficient (Wildman–Crippen LogP) is 2.46. The minimum atomic E-state index is 0.0213. The summed E-state index contributed by atoms with van der Waals surface area (Å²) in [5, 5.41) is 5.59. The van der Waals surface area contributed by atoms with Crippen molar-refractivity contribution in [2.24, 2.45) is 5.73 Å². The van der Waals surface area contributed by atoms with Gasteiger partial charge in [0.2, 0.25) is 0 Å². The van der Waals surface area contributed by atoms with E-state index in [2.05, 4.69) is 23.4 Å². The van der Waals surface area contributed by atoms with Crippen molar-refractivity contribution in [1.29, 1.82) is 0 Å². The molecule has 0 bridgehead atoms. The van der Waals surface area contributed by atoms with E-state index in [1.807, 2.05) is 23.2 Å². The Hall–Kier alpha value is -0.960. The molecule has 1 aromatic rings. The van der Waals surface area contributed by atoms with E-state index in [1.54, 1.807) is 0 Å². The summed E-state index contributed by atoms with van der Waals surface area (Å²) in [4.78, 5) is 13.2. The SMILES string of the molecule is CSC1CCCCC1NC(=O)c1csc(C#CCN)c1. The highest BCUT2D eigenvalue weighted by atomic mass is 32.2. The largest absolute Gasteiger partial charge is 0.348 e. The zero-order valence-electron chi connectivity index (χ0n) is 11.6. The lowest BCUT2D eigenvalue weighted by Gasteiger charge is -2.30. The Morgan fingerprint density at radius 2 is 2.35 bits per heavy atom. The zero-order valence-corrected chi connectivity index (χ0v) is 13.3. The van der Waals surface area contributed by atoms with Crippen LogP contribution in [0.25, 0.3) is 0 Å². The standard InChI is InChI=1S/C15H20N2OS2/c1-19-14-7-3-2-6-13(14)17-15(18)11-9-12(20-10-11)5-4-8-16/h9-10,13-14H,2-3,6-8,16H2,1H3,(H,17,18). The fraction of sp³-hybridized carbons (Fsp3) is 0.533. The van der Waals surface area contributed by atoms with Crippen LogP contribution in [0.15, 0.2) is 11.4 Å². The molecule has 1 saturated carbocycles. The third kappa shape index (κ3) is 4.02. The quantitative estimate of drug-likeness (QED) is 0.843. The van der Waals surface area contributed by atoms with Crippen LogP contribution in [-0.4, -0.2) is 30.0 Å². The highest BCUT2D eigenvalue weighted by Gasteiger charge is 2.26. The molecule has 0 aromatic carbocycles. The number of nitrogens with two attached hydrogens (primary N) is 1. The highest BCUT2D eigenvalue weighted by Crippen LogP contribution is 2.27. The third-order valence-electron chi connectivity index (χ3n) is 3.50. The first-order valence-corrected chi connectivity index (χ1v) is 9.02. The van der Waals surface area contributed by atoms with Crippen molar-refractivity contribution >= 4 is 29.0 Å². The van der Waals surface area contributed by atoms with Crippen molar-refractivity contribution < 1.29 is 4.79 Å². The molecule has 5 heteroatoms. The molecule has 20 heavy (non-hydrogen) atoms.